The van der Waals surface area contributed by atoms with Gasteiger partial charge in [0.2, 0.25) is 10.0 Å². The van der Waals surface area contributed by atoms with Gasteiger partial charge in [-0.1, -0.05) is 32.0 Å². The molecule has 1 aromatic heterocycles. The van der Waals surface area contributed by atoms with E-state index in [4.69, 9.17) is 0 Å². The number of hydrogen-bond acceptors (Lipinski definition) is 5. The number of aliphatic carboxylic acids is 1. The number of hydrogen-bond donors (Lipinski definition) is 2. The maximum Gasteiger partial charge on any atom is 0.307 e. The van der Waals surface area contributed by atoms with Gasteiger partial charge in [-0.05, 0) is 18.4 Å². The minimum atomic E-state index is -3.98. The van der Waals surface area contributed by atoms with Gasteiger partial charge in [-0.2, -0.15) is 5.26 Å². The van der Waals surface area contributed by atoms with Gasteiger partial charge in [0.05, 0.1) is 5.92 Å². The lowest BCUT2D eigenvalue weighted by Gasteiger charge is -2.15. The number of carbonyl (C=O) groups is 1. The zero-order valence-electron chi connectivity index (χ0n) is 13.3. The molecule has 0 fully saturated rings. The van der Waals surface area contributed by atoms with Crippen LogP contribution in [0.2, 0.25) is 0 Å². The molecule has 2 rings (SSSR count). The van der Waals surface area contributed by atoms with Crippen molar-refractivity contribution in [3.8, 4) is 6.07 Å². The molecule has 1 unspecified atom stereocenters. The summed E-state index contributed by atoms with van der Waals surface area (Å²) >= 11 is 1.11. The van der Waals surface area contributed by atoms with E-state index in [1.54, 1.807) is 24.3 Å². The third-order valence-electron chi connectivity index (χ3n) is 3.55. The van der Waals surface area contributed by atoms with Crippen LogP contribution in [0, 0.1) is 23.2 Å². The fraction of sp³-hybridized carbons (Fsp3) is 0.375. The van der Waals surface area contributed by atoms with Crippen molar-refractivity contribution >= 4 is 37.4 Å². The molecular formula is C16H18N2O4S2. The van der Waals surface area contributed by atoms with Crippen molar-refractivity contribution in [1.82, 2.24) is 4.72 Å². The zero-order chi connectivity index (χ0) is 17.9. The van der Waals surface area contributed by atoms with Crippen LogP contribution in [-0.4, -0.2) is 26.0 Å². The van der Waals surface area contributed by atoms with Crippen molar-refractivity contribution in [2.45, 2.75) is 25.2 Å². The van der Waals surface area contributed by atoms with Crippen LogP contribution in [0.25, 0.3) is 10.1 Å². The van der Waals surface area contributed by atoms with Crippen LogP contribution >= 0.6 is 11.3 Å². The SMILES string of the molecule is CC(C)CC(CNS(=O)(=O)c1c(C#N)sc2ccccc12)C(=O)O. The average Bonchev–Trinajstić information content (AvgIpc) is 2.90. The summed E-state index contributed by atoms with van der Waals surface area (Å²) in [5, 5.41) is 19.0. The first-order valence-corrected chi connectivity index (χ1v) is 9.70. The van der Waals surface area contributed by atoms with Crippen LogP contribution in [0.1, 0.15) is 25.1 Å². The highest BCUT2D eigenvalue weighted by Crippen LogP contribution is 2.34. The molecule has 1 aromatic carbocycles. The third-order valence-corrected chi connectivity index (χ3v) is 6.26. The number of carboxylic acid groups (broad SMARTS) is 1. The Morgan fingerprint density at radius 1 is 1.38 bits per heavy atom. The molecule has 2 N–H and O–H groups in total. The number of nitriles is 1. The maximum absolute atomic E-state index is 12.7. The smallest absolute Gasteiger partial charge is 0.307 e. The molecule has 8 heteroatoms. The quantitative estimate of drug-likeness (QED) is 0.783. The molecule has 0 amide bonds. The number of fused-ring (bicyclic) bond motifs is 1. The molecule has 24 heavy (non-hydrogen) atoms. The molecule has 1 atom stereocenters. The monoisotopic (exact) mass is 366 g/mol. The summed E-state index contributed by atoms with van der Waals surface area (Å²) < 4.78 is 28.4. The highest BCUT2D eigenvalue weighted by Gasteiger charge is 2.27. The molecule has 1 heterocycles. The van der Waals surface area contributed by atoms with Crippen LogP contribution in [0.15, 0.2) is 29.2 Å². The minimum Gasteiger partial charge on any atom is -0.481 e. The zero-order valence-corrected chi connectivity index (χ0v) is 14.9. The lowest BCUT2D eigenvalue weighted by Crippen LogP contribution is -2.33. The maximum atomic E-state index is 12.7. The normalized spacial score (nSPS) is 13.1. The number of nitrogens with one attached hydrogen (secondary N) is 1. The second-order valence-electron chi connectivity index (χ2n) is 5.88. The van der Waals surface area contributed by atoms with Crippen molar-refractivity contribution < 1.29 is 18.3 Å². The molecule has 0 saturated carbocycles. The van der Waals surface area contributed by atoms with E-state index in [1.165, 1.54) is 0 Å². The van der Waals surface area contributed by atoms with Gasteiger partial charge in [0.1, 0.15) is 15.8 Å². The molecule has 0 radical (unpaired) electrons. The Bertz CT molecular complexity index is 894. The number of thiophene rings is 1. The van der Waals surface area contributed by atoms with Crippen molar-refractivity contribution in [3.05, 3.63) is 29.1 Å². The van der Waals surface area contributed by atoms with Crippen LogP contribution in [0.3, 0.4) is 0 Å². The molecule has 2 aromatic rings. The summed E-state index contributed by atoms with van der Waals surface area (Å²) in [6.45, 7) is 3.56. The van der Waals surface area contributed by atoms with Gasteiger partial charge in [0.25, 0.3) is 0 Å². The Morgan fingerprint density at radius 2 is 2.04 bits per heavy atom. The van der Waals surface area contributed by atoms with Crippen molar-refractivity contribution in [2.75, 3.05) is 6.54 Å². The highest BCUT2D eigenvalue weighted by atomic mass is 32.2. The van der Waals surface area contributed by atoms with E-state index in [1.807, 2.05) is 19.9 Å². The van der Waals surface area contributed by atoms with Crippen molar-refractivity contribution in [3.63, 3.8) is 0 Å². The number of benzene rings is 1. The van der Waals surface area contributed by atoms with E-state index in [2.05, 4.69) is 4.72 Å². The lowest BCUT2D eigenvalue weighted by molar-refractivity contribution is -0.142. The topological polar surface area (TPSA) is 107 Å². The predicted molar refractivity (Wildman–Crippen MR) is 92.3 cm³/mol. The highest BCUT2D eigenvalue weighted by molar-refractivity contribution is 7.90. The molecule has 0 aliphatic heterocycles. The fourth-order valence-corrected chi connectivity index (χ4v) is 5.22. The van der Waals surface area contributed by atoms with Gasteiger partial charge in [-0.3, -0.25) is 4.79 Å². The largest absolute Gasteiger partial charge is 0.481 e. The Hall–Kier alpha value is -1.95. The first-order valence-electron chi connectivity index (χ1n) is 7.40. The van der Waals surface area contributed by atoms with Gasteiger partial charge in [-0.25, -0.2) is 13.1 Å². The molecule has 6 nitrogen and oxygen atoms in total. The average molecular weight is 366 g/mol. The number of rotatable bonds is 7. The summed E-state index contributed by atoms with van der Waals surface area (Å²) in [5.74, 6) is -1.72. The molecular weight excluding hydrogens is 348 g/mol. The van der Waals surface area contributed by atoms with E-state index in [-0.39, 0.29) is 22.2 Å². The van der Waals surface area contributed by atoms with E-state index < -0.39 is 21.9 Å². The molecule has 0 bridgehead atoms. The second kappa shape index (κ2) is 7.30. The molecule has 0 spiro atoms. The van der Waals surface area contributed by atoms with E-state index in [9.17, 15) is 23.6 Å². The summed E-state index contributed by atoms with van der Waals surface area (Å²) in [7, 11) is -3.98. The van der Waals surface area contributed by atoms with Crippen LogP contribution in [0.4, 0.5) is 0 Å². The minimum absolute atomic E-state index is 0.0701. The summed E-state index contributed by atoms with van der Waals surface area (Å²) in [5.41, 5.74) is 0. The standard InChI is InChI=1S/C16H18N2O4S2/c1-10(2)7-11(16(19)20)9-18-24(21,22)15-12-5-3-4-6-13(12)23-14(15)8-17/h3-6,10-11,18H,7,9H2,1-2H3,(H,19,20). The lowest BCUT2D eigenvalue weighted by atomic mass is 9.98. The summed E-state index contributed by atoms with van der Waals surface area (Å²) in [4.78, 5) is 11.3. The molecule has 128 valence electrons. The molecule has 0 saturated heterocycles. The summed E-state index contributed by atoms with van der Waals surface area (Å²) in [6.07, 6.45) is 0.368. The van der Waals surface area contributed by atoms with Gasteiger partial charge in [-0.15, -0.1) is 11.3 Å². The summed E-state index contributed by atoms with van der Waals surface area (Å²) in [6, 6.07) is 8.78. The van der Waals surface area contributed by atoms with Crippen LogP contribution in [-0.2, 0) is 14.8 Å². The van der Waals surface area contributed by atoms with E-state index >= 15 is 0 Å². The number of nitrogens with zero attached hydrogens (tertiary/aromatic N) is 1. The Morgan fingerprint density at radius 3 is 2.62 bits per heavy atom. The third kappa shape index (κ3) is 3.93. The van der Waals surface area contributed by atoms with Crippen molar-refractivity contribution in [1.29, 1.82) is 5.26 Å². The Kier molecular flexibility index (Phi) is 5.59. The van der Waals surface area contributed by atoms with Crippen LogP contribution in [0.5, 0.6) is 0 Å². The first kappa shape index (κ1) is 18.4. The van der Waals surface area contributed by atoms with E-state index in [0.29, 0.717) is 16.5 Å². The number of carboxylic acids is 1. The van der Waals surface area contributed by atoms with Gasteiger partial charge in [0, 0.05) is 16.6 Å². The molecule has 0 aliphatic rings. The van der Waals surface area contributed by atoms with Crippen molar-refractivity contribution in [2.24, 2.45) is 11.8 Å². The Labute approximate surface area is 144 Å². The number of sulfonamides is 1. The van der Waals surface area contributed by atoms with Crippen LogP contribution < -0.4 is 4.72 Å². The van der Waals surface area contributed by atoms with Gasteiger partial charge in [0.15, 0.2) is 0 Å². The Balaban J connectivity index is 2.34. The second-order valence-corrected chi connectivity index (χ2v) is 8.64. The first-order chi connectivity index (χ1) is 11.3. The van der Waals surface area contributed by atoms with Gasteiger partial charge >= 0.3 is 5.97 Å². The van der Waals surface area contributed by atoms with Gasteiger partial charge < -0.3 is 5.11 Å². The predicted octanol–water partition coefficient (Wildman–Crippen LogP) is 2.80. The van der Waals surface area contributed by atoms with E-state index in [0.717, 1.165) is 11.3 Å². The fourth-order valence-electron chi connectivity index (χ4n) is 2.49. The molecule has 0 aliphatic carbocycles.